The van der Waals surface area contributed by atoms with Crippen LogP contribution in [0, 0.1) is 6.92 Å². The Morgan fingerprint density at radius 3 is 2.82 bits per heavy atom. The summed E-state index contributed by atoms with van der Waals surface area (Å²) in [5.41, 5.74) is 6.61. The minimum atomic E-state index is -0.494. The van der Waals surface area contributed by atoms with Gasteiger partial charge in [-0.1, -0.05) is 0 Å². The van der Waals surface area contributed by atoms with Crippen molar-refractivity contribution in [3.8, 4) is 0 Å². The summed E-state index contributed by atoms with van der Waals surface area (Å²) in [6.07, 6.45) is 0. The number of rotatable bonds is 2. The predicted molar refractivity (Wildman–Crippen MR) is 49.7 cm³/mol. The van der Waals surface area contributed by atoms with Crippen molar-refractivity contribution in [1.29, 1.82) is 0 Å². The fourth-order valence-electron chi connectivity index (χ4n) is 0.742. The Hall–Kier alpha value is 0.0700. The van der Waals surface area contributed by atoms with Crippen LogP contribution in [0.3, 0.4) is 0 Å². The van der Waals surface area contributed by atoms with Gasteiger partial charge in [-0.05, 0) is 34.5 Å². The van der Waals surface area contributed by atoms with Crippen molar-refractivity contribution in [2.24, 2.45) is 5.73 Å². The molecule has 1 heterocycles. The van der Waals surface area contributed by atoms with E-state index in [1.807, 2.05) is 13.0 Å². The third-order valence-electron chi connectivity index (χ3n) is 1.41. The van der Waals surface area contributed by atoms with Crippen LogP contribution in [0.1, 0.15) is 16.5 Å². The Morgan fingerprint density at radius 2 is 2.45 bits per heavy atom. The molecule has 0 aliphatic heterocycles. The summed E-state index contributed by atoms with van der Waals surface area (Å²) in [4.78, 5) is 0.900. The molecule has 0 unspecified atom stereocenters. The largest absolute Gasteiger partial charge is 0.321 e. The molecule has 4 heteroatoms. The molecule has 0 radical (unpaired) electrons. The topological polar surface area (TPSA) is 26.0 Å². The van der Waals surface area contributed by atoms with Crippen molar-refractivity contribution >= 4 is 27.3 Å². The standard InChI is InChI=1S/C7H9BrFNS/c1-4-2-6(5(10)3-9)11-7(4)8/h2,5H,3,10H2,1H3/t5-/m1/s1. The first-order chi connectivity index (χ1) is 5.15. The Labute approximate surface area is 77.5 Å². The summed E-state index contributed by atoms with van der Waals surface area (Å²) < 4.78 is 13.1. The van der Waals surface area contributed by atoms with E-state index in [1.165, 1.54) is 11.3 Å². The van der Waals surface area contributed by atoms with Gasteiger partial charge < -0.3 is 5.73 Å². The maximum atomic E-state index is 12.1. The van der Waals surface area contributed by atoms with Gasteiger partial charge in [-0.2, -0.15) is 0 Å². The van der Waals surface area contributed by atoms with E-state index in [-0.39, 0.29) is 0 Å². The van der Waals surface area contributed by atoms with E-state index in [0.29, 0.717) is 0 Å². The van der Waals surface area contributed by atoms with E-state index in [9.17, 15) is 4.39 Å². The van der Waals surface area contributed by atoms with Gasteiger partial charge in [0.25, 0.3) is 0 Å². The van der Waals surface area contributed by atoms with Crippen molar-refractivity contribution in [1.82, 2.24) is 0 Å². The average molecular weight is 238 g/mol. The summed E-state index contributed by atoms with van der Waals surface area (Å²) in [6, 6.07) is 1.46. The van der Waals surface area contributed by atoms with Gasteiger partial charge in [0.2, 0.25) is 0 Å². The van der Waals surface area contributed by atoms with Crippen LogP contribution in [0.4, 0.5) is 4.39 Å². The van der Waals surface area contributed by atoms with Crippen molar-refractivity contribution in [3.05, 3.63) is 20.3 Å². The Kier molecular flexibility index (Phi) is 3.04. The number of hydrogen-bond acceptors (Lipinski definition) is 2. The van der Waals surface area contributed by atoms with Crippen LogP contribution in [-0.2, 0) is 0 Å². The van der Waals surface area contributed by atoms with E-state index in [2.05, 4.69) is 15.9 Å². The van der Waals surface area contributed by atoms with Gasteiger partial charge in [-0.3, -0.25) is 0 Å². The zero-order valence-corrected chi connectivity index (χ0v) is 8.51. The fourth-order valence-corrected chi connectivity index (χ4v) is 2.29. The molecule has 0 spiro atoms. The van der Waals surface area contributed by atoms with Crippen LogP contribution in [0.2, 0.25) is 0 Å². The molecular weight excluding hydrogens is 229 g/mol. The normalized spacial score (nSPS) is 13.5. The highest BCUT2D eigenvalue weighted by Gasteiger charge is 2.09. The molecule has 1 nitrogen and oxygen atoms in total. The first kappa shape index (κ1) is 9.16. The molecule has 0 aromatic carbocycles. The third kappa shape index (κ3) is 2.01. The van der Waals surface area contributed by atoms with Crippen LogP contribution in [0.15, 0.2) is 9.85 Å². The van der Waals surface area contributed by atoms with Crippen LogP contribution in [-0.4, -0.2) is 6.67 Å². The molecule has 0 amide bonds. The number of aryl methyl sites for hydroxylation is 1. The van der Waals surface area contributed by atoms with Crippen LogP contribution >= 0.6 is 27.3 Å². The summed E-state index contributed by atoms with van der Waals surface area (Å²) in [5, 5.41) is 0. The SMILES string of the molecule is Cc1cc([C@H](N)CF)sc1Br. The molecule has 1 aromatic heterocycles. The van der Waals surface area contributed by atoms with Gasteiger partial charge in [0.05, 0.1) is 9.83 Å². The molecular formula is C7H9BrFNS. The lowest BCUT2D eigenvalue weighted by Crippen LogP contribution is -2.09. The van der Waals surface area contributed by atoms with Crippen molar-refractivity contribution in [2.45, 2.75) is 13.0 Å². The summed E-state index contributed by atoms with van der Waals surface area (Å²) in [5.74, 6) is 0. The molecule has 1 rings (SSSR count). The molecule has 0 saturated heterocycles. The molecule has 0 fully saturated rings. The number of halogens is 2. The van der Waals surface area contributed by atoms with Crippen LogP contribution in [0.25, 0.3) is 0 Å². The first-order valence-electron chi connectivity index (χ1n) is 3.22. The lowest BCUT2D eigenvalue weighted by Gasteiger charge is -2.00. The zero-order valence-electron chi connectivity index (χ0n) is 6.10. The highest BCUT2D eigenvalue weighted by atomic mass is 79.9. The third-order valence-corrected chi connectivity index (χ3v) is 3.68. The molecule has 0 aliphatic carbocycles. The Bertz CT molecular complexity index is 229. The van der Waals surface area contributed by atoms with E-state index in [1.54, 1.807) is 0 Å². The first-order valence-corrected chi connectivity index (χ1v) is 4.83. The lowest BCUT2D eigenvalue weighted by atomic mass is 10.2. The average Bonchev–Trinajstić information content (AvgIpc) is 2.31. The Morgan fingerprint density at radius 1 is 1.82 bits per heavy atom. The molecule has 1 aromatic rings. The zero-order chi connectivity index (χ0) is 8.43. The van der Waals surface area contributed by atoms with Gasteiger partial charge in [-0.25, -0.2) is 4.39 Å². The van der Waals surface area contributed by atoms with Gasteiger partial charge in [0, 0.05) is 4.88 Å². The highest BCUT2D eigenvalue weighted by molar-refractivity contribution is 9.11. The second-order valence-electron chi connectivity index (χ2n) is 2.37. The van der Waals surface area contributed by atoms with Crippen molar-refractivity contribution in [3.63, 3.8) is 0 Å². The van der Waals surface area contributed by atoms with Crippen molar-refractivity contribution in [2.75, 3.05) is 6.67 Å². The van der Waals surface area contributed by atoms with E-state index in [4.69, 9.17) is 5.73 Å². The van der Waals surface area contributed by atoms with Crippen molar-refractivity contribution < 1.29 is 4.39 Å². The molecule has 2 N–H and O–H groups in total. The minimum absolute atomic E-state index is 0.454. The molecule has 0 aliphatic rings. The summed E-state index contributed by atoms with van der Waals surface area (Å²) in [7, 11) is 0. The number of nitrogens with two attached hydrogens (primary N) is 1. The van der Waals surface area contributed by atoms with E-state index >= 15 is 0 Å². The predicted octanol–water partition coefficient (Wildman–Crippen LogP) is 2.79. The maximum absolute atomic E-state index is 12.1. The van der Waals surface area contributed by atoms with Gasteiger partial charge in [-0.15, -0.1) is 11.3 Å². The Balaban J connectivity index is 2.88. The molecule has 0 saturated carbocycles. The minimum Gasteiger partial charge on any atom is -0.321 e. The van der Waals surface area contributed by atoms with E-state index in [0.717, 1.165) is 14.2 Å². The molecule has 1 atom stereocenters. The number of thiophene rings is 1. The smallest absolute Gasteiger partial charge is 0.109 e. The highest BCUT2D eigenvalue weighted by Crippen LogP contribution is 2.30. The van der Waals surface area contributed by atoms with Gasteiger partial charge in [0.1, 0.15) is 6.67 Å². The quantitative estimate of drug-likeness (QED) is 0.842. The second kappa shape index (κ2) is 3.65. The van der Waals surface area contributed by atoms with Gasteiger partial charge >= 0.3 is 0 Å². The monoisotopic (exact) mass is 237 g/mol. The van der Waals surface area contributed by atoms with E-state index < -0.39 is 12.7 Å². The van der Waals surface area contributed by atoms with Crippen LogP contribution < -0.4 is 5.73 Å². The fraction of sp³-hybridized carbons (Fsp3) is 0.429. The van der Waals surface area contributed by atoms with Crippen LogP contribution in [0.5, 0.6) is 0 Å². The lowest BCUT2D eigenvalue weighted by molar-refractivity contribution is 0.440. The summed E-state index contributed by atoms with van der Waals surface area (Å²) in [6.45, 7) is 1.47. The number of hydrogen-bond donors (Lipinski definition) is 1. The second-order valence-corrected chi connectivity index (χ2v) is 4.77. The summed E-state index contributed by atoms with van der Waals surface area (Å²) >= 11 is 4.85. The maximum Gasteiger partial charge on any atom is 0.109 e. The molecule has 62 valence electrons. The molecule has 0 bridgehead atoms. The molecule has 11 heavy (non-hydrogen) atoms. The van der Waals surface area contributed by atoms with Gasteiger partial charge in [0.15, 0.2) is 0 Å². The number of alkyl halides is 1.